The van der Waals surface area contributed by atoms with E-state index in [0.29, 0.717) is 17.5 Å². The molecule has 0 saturated heterocycles. The summed E-state index contributed by atoms with van der Waals surface area (Å²) < 4.78 is 8.95. The van der Waals surface area contributed by atoms with Gasteiger partial charge in [-0.15, -0.1) is 11.3 Å². The molecular weight excluding hydrogens is 693 g/mol. The van der Waals surface area contributed by atoms with Gasteiger partial charge in [-0.3, -0.25) is 4.40 Å². The molecule has 0 N–H and O–H groups in total. The number of benzene rings is 7. The zero-order valence-electron chi connectivity index (χ0n) is 29.3. The van der Waals surface area contributed by atoms with Crippen LogP contribution in [-0.4, -0.2) is 19.4 Å². The molecule has 0 aliphatic rings. The van der Waals surface area contributed by atoms with E-state index in [2.05, 4.69) is 101 Å². The van der Waals surface area contributed by atoms with Crippen LogP contribution in [0.5, 0.6) is 0 Å². The highest BCUT2D eigenvalue weighted by molar-refractivity contribution is 7.22. The lowest BCUT2D eigenvalue weighted by Crippen LogP contribution is -2.00. The Morgan fingerprint density at radius 2 is 1.02 bits per heavy atom. The van der Waals surface area contributed by atoms with E-state index in [1.165, 1.54) is 47.8 Å². The zero-order valence-corrected chi connectivity index (χ0v) is 30.1. The Hall–Kier alpha value is -7.15. The lowest BCUT2D eigenvalue weighted by Gasteiger charge is -2.09. The van der Waals surface area contributed by atoms with Crippen molar-refractivity contribution in [3.05, 3.63) is 170 Å². The van der Waals surface area contributed by atoms with Crippen LogP contribution in [0.1, 0.15) is 0 Å². The van der Waals surface area contributed by atoms with Crippen LogP contribution >= 0.6 is 11.3 Å². The maximum atomic E-state index is 6.48. The van der Waals surface area contributed by atoms with Crippen molar-refractivity contribution in [3.63, 3.8) is 0 Å². The first-order valence-corrected chi connectivity index (χ1v) is 19.2. The van der Waals surface area contributed by atoms with Crippen molar-refractivity contribution in [1.82, 2.24) is 19.4 Å². The third-order valence-corrected chi connectivity index (χ3v) is 12.0. The fourth-order valence-electron chi connectivity index (χ4n) is 8.28. The highest BCUT2D eigenvalue weighted by atomic mass is 32.1. The molecule has 7 aromatic carbocycles. The van der Waals surface area contributed by atoms with Gasteiger partial charge in [-0.25, -0.2) is 15.0 Å². The number of nitrogens with zero attached hydrogens (tertiary/aromatic N) is 4. The minimum atomic E-state index is 0.606. The lowest BCUT2D eigenvalue weighted by molar-refractivity contribution is 0.669. The van der Waals surface area contributed by atoms with Crippen LogP contribution in [0, 0.1) is 0 Å². The molecule has 0 atom stereocenters. The van der Waals surface area contributed by atoms with Gasteiger partial charge in [-0.1, -0.05) is 133 Å². The van der Waals surface area contributed by atoms with Crippen LogP contribution in [0.3, 0.4) is 0 Å². The monoisotopic (exact) mass is 720 g/mol. The first kappa shape index (κ1) is 30.3. The molecule has 12 aromatic rings. The van der Waals surface area contributed by atoms with Crippen molar-refractivity contribution in [2.45, 2.75) is 0 Å². The molecule has 0 spiro atoms. The van der Waals surface area contributed by atoms with E-state index >= 15 is 0 Å². The van der Waals surface area contributed by atoms with E-state index in [1.807, 2.05) is 84.1 Å². The molecular formula is C49H28N4OS. The van der Waals surface area contributed by atoms with Crippen LogP contribution in [0.15, 0.2) is 174 Å². The highest BCUT2D eigenvalue weighted by Crippen LogP contribution is 2.45. The summed E-state index contributed by atoms with van der Waals surface area (Å²) in [6, 6.07) is 59.5. The molecule has 12 rings (SSSR count). The minimum Gasteiger partial charge on any atom is -0.456 e. The minimum absolute atomic E-state index is 0.606. The third-order valence-electron chi connectivity index (χ3n) is 10.8. The van der Waals surface area contributed by atoms with Crippen molar-refractivity contribution in [3.8, 4) is 55.7 Å². The summed E-state index contributed by atoms with van der Waals surface area (Å²) in [6.07, 6.45) is 0. The topological polar surface area (TPSA) is 56.2 Å². The van der Waals surface area contributed by atoms with Gasteiger partial charge in [0.05, 0.1) is 11.0 Å². The van der Waals surface area contributed by atoms with Gasteiger partial charge in [0.2, 0.25) is 0 Å². The number of aromatic nitrogens is 4. The Labute approximate surface area is 318 Å². The summed E-state index contributed by atoms with van der Waals surface area (Å²) in [6.45, 7) is 0. The molecule has 0 saturated carbocycles. The van der Waals surface area contributed by atoms with Gasteiger partial charge in [-0.2, -0.15) is 0 Å². The Balaban J connectivity index is 1.03. The van der Waals surface area contributed by atoms with E-state index in [4.69, 9.17) is 19.4 Å². The molecule has 0 unspecified atom stereocenters. The van der Waals surface area contributed by atoms with Gasteiger partial charge in [0, 0.05) is 53.9 Å². The molecule has 0 amide bonds. The Morgan fingerprint density at radius 1 is 0.418 bits per heavy atom. The van der Waals surface area contributed by atoms with Crippen LogP contribution in [0.4, 0.5) is 0 Å². The molecule has 6 heteroatoms. The summed E-state index contributed by atoms with van der Waals surface area (Å²) in [5.74, 6) is 1.86. The molecule has 0 aliphatic heterocycles. The van der Waals surface area contributed by atoms with Crippen molar-refractivity contribution >= 4 is 70.7 Å². The number of fused-ring (bicyclic) bond motifs is 9. The summed E-state index contributed by atoms with van der Waals surface area (Å²) in [4.78, 5) is 17.6. The second-order valence-corrected chi connectivity index (χ2v) is 15.0. The predicted octanol–water partition coefficient (Wildman–Crippen LogP) is 13.3. The van der Waals surface area contributed by atoms with E-state index in [9.17, 15) is 0 Å². The van der Waals surface area contributed by atoms with Crippen molar-refractivity contribution < 1.29 is 4.42 Å². The molecule has 5 nitrogen and oxygen atoms in total. The SMILES string of the molecule is c1ccc(-c2nc(-c3ccccc3)nc(-c3cccc4oc5ccc(-c6ccc7c(c6)c6cccc8c9cc(-c%10ccccc%10)sc9n7c68)cc5c34)n2)cc1. The van der Waals surface area contributed by atoms with Crippen molar-refractivity contribution in [1.29, 1.82) is 0 Å². The van der Waals surface area contributed by atoms with Gasteiger partial charge >= 0.3 is 0 Å². The predicted molar refractivity (Wildman–Crippen MR) is 227 cm³/mol. The Morgan fingerprint density at radius 3 is 1.73 bits per heavy atom. The largest absolute Gasteiger partial charge is 0.456 e. The van der Waals surface area contributed by atoms with Gasteiger partial charge in [-0.05, 0) is 53.1 Å². The first-order chi connectivity index (χ1) is 27.2. The summed E-state index contributed by atoms with van der Waals surface area (Å²) in [5, 5.41) is 7.14. The maximum absolute atomic E-state index is 6.48. The van der Waals surface area contributed by atoms with E-state index in [-0.39, 0.29) is 0 Å². The lowest BCUT2D eigenvalue weighted by atomic mass is 9.99. The fourth-order valence-corrected chi connectivity index (χ4v) is 9.48. The molecule has 5 heterocycles. The summed E-state index contributed by atoms with van der Waals surface area (Å²) in [5.41, 5.74) is 10.4. The van der Waals surface area contributed by atoms with E-state index in [0.717, 1.165) is 49.8 Å². The van der Waals surface area contributed by atoms with Gasteiger partial charge in [0.1, 0.15) is 16.0 Å². The molecule has 256 valence electrons. The molecule has 55 heavy (non-hydrogen) atoms. The van der Waals surface area contributed by atoms with Gasteiger partial charge in [0.15, 0.2) is 17.5 Å². The fraction of sp³-hybridized carbons (Fsp3) is 0. The van der Waals surface area contributed by atoms with Crippen molar-refractivity contribution in [2.75, 3.05) is 0 Å². The number of para-hydroxylation sites is 1. The normalized spacial score (nSPS) is 12.0. The number of furan rings is 1. The second-order valence-electron chi connectivity index (χ2n) is 14.0. The third kappa shape index (κ3) is 4.62. The van der Waals surface area contributed by atoms with Gasteiger partial charge in [0.25, 0.3) is 0 Å². The molecule has 0 bridgehead atoms. The average Bonchev–Trinajstić information content (AvgIpc) is 4.02. The standard InChI is InChI=1S/C49H28N4OS/c1-4-12-29(13-5-1)43-28-38-35-19-10-18-34-37-26-32(22-24-40(37)53(45(34)35)49(38)55-43)33-23-25-41-39(27-33)44-36(20-11-21-42(44)54-41)48-51-46(30-14-6-2-7-15-30)50-47(52-48)31-16-8-3-9-17-31/h1-28H. The number of hydrogen-bond donors (Lipinski definition) is 0. The molecule has 0 fully saturated rings. The highest BCUT2D eigenvalue weighted by Gasteiger charge is 2.22. The van der Waals surface area contributed by atoms with Crippen molar-refractivity contribution in [2.24, 2.45) is 0 Å². The summed E-state index contributed by atoms with van der Waals surface area (Å²) in [7, 11) is 0. The number of thiophene rings is 1. The first-order valence-electron chi connectivity index (χ1n) is 18.4. The second kappa shape index (κ2) is 11.7. The molecule has 5 aromatic heterocycles. The van der Waals surface area contributed by atoms with Gasteiger partial charge < -0.3 is 4.42 Å². The molecule has 0 aliphatic carbocycles. The van der Waals surface area contributed by atoms with Crippen LogP contribution in [0.2, 0.25) is 0 Å². The maximum Gasteiger partial charge on any atom is 0.164 e. The van der Waals surface area contributed by atoms with Crippen LogP contribution in [0.25, 0.3) is 115 Å². The zero-order chi connectivity index (χ0) is 36.0. The van der Waals surface area contributed by atoms with E-state index in [1.54, 1.807) is 0 Å². The Kier molecular flexibility index (Phi) is 6.44. The van der Waals surface area contributed by atoms with E-state index < -0.39 is 0 Å². The smallest absolute Gasteiger partial charge is 0.164 e. The molecule has 0 radical (unpaired) electrons. The van der Waals surface area contributed by atoms with Crippen LogP contribution in [-0.2, 0) is 0 Å². The number of rotatable bonds is 5. The van der Waals surface area contributed by atoms with Crippen LogP contribution < -0.4 is 0 Å². The number of hydrogen-bond acceptors (Lipinski definition) is 5. The summed E-state index contributed by atoms with van der Waals surface area (Å²) >= 11 is 1.87. The quantitative estimate of drug-likeness (QED) is 0.178. The Bertz CT molecular complexity index is 3360. The average molecular weight is 721 g/mol.